The van der Waals surface area contributed by atoms with E-state index in [0.717, 1.165) is 14.2 Å². The molecule has 1 rings (SSSR count). The highest BCUT2D eigenvalue weighted by Crippen LogP contribution is 2.34. The Balaban J connectivity index is 3.62. The molecule has 9 heteroatoms. The zero-order valence-corrected chi connectivity index (χ0v) is 12.0. The number of carbonyl (C=O) groups is 2. The third-order valence-electron chi connectivity index (χ3n) is 2.10. The third-order valence-corrected chi connectivity index (χ3v) is 5.46. The molecule has 0 amide bonds. The van der Waals surface area contributed by atoms with Gasteiger partial charge < -0.3 is 9.47 Å². The van der Waals surface area contributed by atoms with Gasteiger partial charge in [-0.25, -0.2) is 18.0 Å². The number of halogens is 1. The van der Waals surface area contributed by atoms with Crippen molar-refractivity contribution in [3.8, 4) is 0 Å². The van der Waals surface area contributed by atoms with Crippen LogP contribution in [-0.4, -0.2) is 34.6 Å². The fraction of sp³-hybridized carbons (Fsp3) is 0.333. The highest BCUT2D eigenvalue weighted by molar-refractivity contribution is 8.15. The first-order valence-corrected chi connectivity index (χ1v) is 7.61. The normalized spacial score (nSPS) is 11.1. The first kappa shape index (κ1) is 14.9. The van der Waals surface area contributed by atoms with E-state index in [-0.39, 0.29) is 16.0 Å². The van der Waals surface area contributed by atoms with E-state index in [4.69, 9.17) is 10.7 Å². The van der Waals surface area contributed by atoms with Gasteiger partial charge in [0.2, 0.25) is 0 Å². The molecule has 0 radical (unpaired) electrons. The first-order chi connectivity index (χ1) is 8.23. The van der Waals surface area contributed by atoms with Crippen molar-refractivity contribution in [2.24, 2.45) is 0 Å². The lowest BCUT2D eigenvalue weighted by Crippen LogP contribution is -2.07. The van der Waals surface area contributed by atoms with E-state index >= 15 is 0 Å². The number of thiophene rings is 1. The van der Waals surface area contributed by atoms with E-state index in [1.54, 1.807) is 0 Å². The lowest BCUT2D eigenvalue weighted by Gasteiger charge is -2.00. The second kappa shape index (κ2) is 5.25. The zero-order chi connectivity index (χ0) is 14.1. The standard InChI is InChI=1S/C9H9ClO6S2/c1-4-5(7(11)15-2)9(18(10,13)14)17-6(4)8(12)16-3/h1-3H3. The highest BCUT2D eigenvalue weighted by Gasteiger charge is 2.31. The Kier molecular flexibility index (Phi) is 4.36. The number of methoxy groups -OCH3 is 2. The van der Waals surface area contributed by atoms with Crippen LogP contribution < -0.4 is 0 Å². The molecule has 0 bridgehead atoms. The van der Waals surface area contributed by atoms with Gasteiger partial charge >= 0.3 is 11.9 Å². The monoisotopic (exact) mass is 312 g/mol. The van der Waals surface area contributed by atoms with Crippen molar-refractivity contribution in [3.63, 3.8) is 0 Å². The molecule has 100 valence electrons. The lowest BCUT2D eigenvalue weighted by atomic mass is 10.2. The molecule has 0 aliphatic carbocycles. The van der Waals surface area contributed by atoms with Crippen molar-refractivity contribution in [3.05, 3.63) is 16.0 Å². The van der Waals surface area contributed by atoms with Crippen LogP contribution in [0.1, 0.15) is 25.6 Å². The number of esters is 2. The van der Waals surface area contributed by atoms with Crippen LogP contribution >= 0.6 is 22.0 Å². The van der Waals surface area contributed by atoms with Gasteiger partial charge in [-0.3, -0.25) is 0 Å². The van der Waals surface area contributed by atoms with Gasteiger partial charge in [0.05, 0.1) is 19.8 Å². The maximum atomic E-state index is 11.5. The topological polar surface area (TPSA) is 86.7 Å². The average molecular weight is 313 g/mol. The van der Waals surface area contributed by atoms with Gasteiger partial charge in [-0.05, 0) is 12.5 Å². The van der Waals surface area contributed by atoms with Crippen molar-refractivity contribution in [1.82, 2.24) is 0 Å². The zero-order valence-electron chi connectivity index (χ0n) is 9.64. The lowest BCUT2D eigenvalue weighted by molar-refractivity contribution is 0.0596. The number of hydrogen-bond acceptors (Lipinski definition) is 7. The Morgan fingerprint density at radius 3 is 2.06 bits per heavy atom. The molecule has 0 unspecified atom stereocenters. The van der Waals surface area contributed by atoms with Gasteiger partial charge in [0.15, 0.2) is 4.21 Å². The van der Waals surface area contributed by atoms with E-state index in [0.29, 0.717) is 11.3 Å². The molecule has 0 saturated heterocycles. The molecule has 0 spiro atoms. The van der Waals surface area contributed by atoms with E-state index < -0.39 is 25.2 Å². The van der Waals surface area contributed by atoms with Crippen molar-refractivity contribution >= 4 is 43.0 Å². The quantitative estimate of drug-likeness (QED) is 0.622. The van der Waals surface area contributed by atoms with Gasteiger partial charge in [0.25, 0.3) is 9.05 Å². The summed E-state index contributed by atoms with van der Waals surface area (Å²) in [6.07, 6.45) is 0. The molecular weight excluding hydrogens is 304 g/mol. The maximum Gasteiger partial charge on any atom is 0.348 e. The molecule has 6 nitrogen and oxygen atoms in total. The SMILES string of the molecule is COC(=O)c1sc(S(=O)(=O)Cl)c(C(=O)OC)c1C. The maximum absolute atomic E-state index is 11.5. The van der Waals surface area contributed by atoms with Crippen LogP contribution in [0.5, 0.6) is 0 Å². The smallest absolute Gasteiger partial charge is 0.348 e. The Morgan fingerprint density at radius 1 is 1.17 bits per heavy atom. The molecule has 0 aliphatic heterocycles. The van der Waals surface area contributed by atoms with Gasteiger partial charge in [-0.1, -0.05) is 0 Å². The summed E-state index contributed by atoms with van der Waals surface area (Å²) in [5.41, 5.74) is -0.0733. The predicted octanol–water partition coefficient (Wildman–Crippen LogP) is 1.56. The fourth-order valence-electron chi connectivity index (χ4n) is 1.28. The van der Waals surface area contributed by atoms with Crippen LogP contribution in [-0.2, 0) is 18.5 Å². The van der Waals surface area contributed by atoms with Crippen molar-refractivity contribution < 1.29 is 27.5 Å². The van der Waals surface area contributed by atoms with E-state index in [1.807, 2.05) is 0 Å². The third kappa shape index (κ3) is 2.65. The summed E-state index contributed by atoms with van der Waals surface area (Å²) in [5.74, 6) is -1.62. The summed E-state index contributed by atoms with van der Waals surface area (Å²) < 4.78 is 31.3. The summed E-state index contributed by atoms with van der Waals surface area (Å²) in [5, 5.41) is 0. The number of ether oxygens (including phenoxy) is 2. The summed E-state index contributed by atoms with van der Waals surface area (Å²) in [6.45, 7) is 1.42. The van der Waals surface area contributed by atoms with Gasteiger partial charge in [0, 0.05) is 10.7 Å². The molecule has 18 heavy (non-hydrogen) atoms. The average Bonchev–Trinajstić information content (AvgIpc) is 2.64. The first-order valence-electron chi connectivity index (χ1n) is 4.48. The van der Waals surface area contributed by atoms with Gasteiger partial charge in [-0.2, -0.15) is 0 Å². The van der Waals surface area contributed by atoms with Crippen LogP contribution in [0.4, 0.5) is 0 Å². The minimum Gasteiger partial charge on any atom is -0.465 e. The summed E-state index contributed by atoms with van der Waals surface area (Å²) in [7, 11) is 3.32. The molecule has 0 fully saturated rings. The van der Waals surface area contributed by atoms with E-state index in [1.165, 1.54) is 6.92 Å². The van der Waals surface area contributed by atoms with Crippen molar-refractivity contribution in [2.75, 3.05) is 14.2 Å². The molecular formula is C9H9ClO6S2. The number of rotatable bonds is 3. The van der Waals surface area contributed by atoms with Crippen LogP contribution in [0.25, 0.3) is 0 Å². The van der Waals surface area contributed by atoms with Crippen LogP contribution in [0.15, 0.2) is 4.21 Å². The molecule has 0 aliphatic rings. The Labute approximate surface area is 112 Å². The predicted molar refractivity (Wildman–Crippen MR) is 64.8 cm³/mol. The molecule has 1 aromatic rings. The summed E-state index contributed by atoms with van der Waals surface area (Å²) in [6, 6.07) is 0. The highest BCUT2D eigenvalue weighted by atomic mass is 35.7. The minimum atomic E-state index is -4.15. The fourth-order valence-corrected chi connectivity index (χ4v) is 3.87. The number of carbonyl (C=O) groups excluding carboxylic acids is 2. The van der Waals surface area contributed by atoms with E-state index in [9.17, 15) is 18.0 Å². The molecule has 0 saturated carbocycles. The van der Waals surface area contributed by atoms with Crippen molar-refractivity contribution in [1.29, 1.82) is 0 Å². The van der Waals surface area contributed by atoms with Crippen LogP contribution in [0, 0.1) is 6.92 Å². The van der Waals surface area contributed by atoms with Crippen LogP contribution in [0.3, 0.4) is 0 Å². The van der Waals surface area contributed by atoms with Crippen LogP contribution in [0.2, 0.25) is 0 Å². The molecule has 0 N–H and O–H groups in total. The summed E-state index contributed by atoms with van der Waals surface area (Å²) >= 11 is 0.574. The molecule has 1 aromatic heterocycles. The Morgan fingerprint density at radius 2 is 1.67 bits per heavy atom. The van der Waals surface area contributed by atoms with Gasteiger partial charge in [0.1, 0.15) is 4.88 Å². The largest absolute Gasteiger partial charge is 0.465 e. The molecule has 1 heterocycles. The van der Waals surface area contributed by atoms with Gasteiger partial charge in [-0.15, -0.1) is 11.3 Å². The summed E-state index contributed by atoms with van der Waals surface area (Å²) in [4.78, 5) is 23.0. The second-order valence-corrected chi connectivity index (χ2v) is 6.92. The Hall–Kier alpha value is -1.12. The van der Waals surface area contributed by atoms with E-state index in [2.05, 4.69) is 9.47 Å². The second-order valence-electron chi connectivity index (χ2n) is 3.14. The molecule has 0 atom stereocenters. The Bertz CT molecular complexity index is 601. The van der Waals surface area contributed by atoms with Crippen molar-refractivity contribution in [2.45, 2.75) is 11.1 Å². The minimum absolute atomic E-state index is 0.00266. The number of hydrogen-bond donors (Lipinski definition) is 0. The molecule has 0 aromatic carbocycles.